The van der Waals surface area contributed by atoms with Gasteiger partial charge in [-0.3, -0.25) is 9.78 Å². The first-order chi connectivity index (χ1) is 13.6. The van der Waals surface area contributed by atoms with Crippen molar-refractivity contribution in [3.8, 4) is 0 Å². The van der Waals surface area contributed by atoms with Gasteiger partial charge in [0, 0.05) is 17.8 Å². The number of carbonyl (C=O) groups excluding carboxylic acids is 1. The average Bonchev–Trinajstić information content (AvgIpc) is 3.17. The number of nitrogens with zero attached hydrogens (tertiary/aromatic N) is 4. The summed E-state index contributed by atoms with van der Waals surface area (Å²) in [7, 11) is 0. The highest BCUT2D eigenvalue weighted by atomic mass is 16.4. The van der Waals surface area contributed by atoms with Gasteiger partial charge in [-0.1, -0.05) is 18.2 Å². The first kappa shape index (κ1) is 17.8. The van der Waals surface area contributed by atoms with Crippen LogP contribution in [0.15, 0.2) is 55.2 Å². The van der Waals surface area contributed by atoms with Crippen LogP contribution >= 0.6 is 0 Å². The second-order valence-corrected chi connectivity index (χ2v) is 6.90. The molecule has 8 heteroatoms. The molecule has 0 spiro atoms. The fourth-order valence-electron chi connectivity index (χ4n) is 3.50. The molecule has 0 atom stereocenters. The summed E-state index contributed by atoms with van der Waals surface area (Å²) < 4.78 is 1.78. The second kappa shape index (κ2) is 7.59. The predicted molar refractivity (Wildman–Crippen MR) is 100.0 cm³/mol. The third kappa shape index (κ3) is 3.75. The number of rotatable bonds is 6. The average molecular weight is 377 g/mol. The maximum Gasteiger partial charge on any atom is 0.335 e. The lowest BCUT2D eigenvalue weighted by Gasteiger charge is -2.36. The van der Waals surface area contributed by atoms with Gasteiger partial charge in [-0.2, -0.15) is 0 Å². The number of hydrogen-bond donors (Lipinski definition) is 2. The van der Waals surface area contributed by atoms with E-state index in [4.69, 9.17) is 0 Å². The van der Waals surface area contributed by atoms with E-state index in [1.165, 1.54) is 0 Å². The monoisotopic (exact) mass is 377 g/mol. The molecule has 1 aromatic carbocycles. The van der Waals surface area contributed by atoms with Gasteiger partial charge in [0.25, 0.3) is 5.91 Å². The van der Waals surface area contributed by atoms with E-state index in [1.807, 2.05) is 12.1 Å². The SMILES string of the molecule is O=C(NC1CC(c2ccccc2C(=O)O)C1)c1ccnc(Cn2cnnc2)c1. The molecule has 1 amide bonds. The van der Waals surface area contributed by atoms with Gasteiger partial charge in [0.15, 0.2) is 0 Å². The third-order valence-electron chi connectivity index (χ3n) is 4.99. The summed E-state index contributed by atoms with van der Waals surface area (Å²) in [6.45, 7) is 0.492. The maximum atomic E-state index is 12.6. The predicted octanol–water partition coefficient (Wildman–Crippen LogP) is 2.10. The first-order valence-electron chi connectivity index (χ1n) is 9.00. The van der Waals surface area contributed by atoms with E-state index >= 15 is 0 Å². The van der Waals surface area contributed by atoms with Crippen LogP contribution in [-0.4, -0.2) is 42.8 Å². The Labute approximate surface area is 161 Å². The van der Waals surface area contributed by atoms with E-state index in [-0.39, 0.29) is 17.9 Å². The van der Waals surface area contributed by atoms with E-state index in [9.17, 15) is 14.7 Å². The summed E-state index contributed by atoms with van der Waals surface area (Å²) in [6.07, 6.45) is 6.26. The van der Waals surface area contributed by atoms with Crippen molar-refractivity contribution in [2.45, 2.75) is 31.3 Å². The lowest BCUT2D eigenvalue weighted by molar-refractivity contribution is 0.0692. The van der Waals surface area contributed by atoms with Gasteiger partial charge >= 0.3 is 5.97 Å². The fourth-order valence-corrected chi connectivity index (χ4v) is 3.50. The molecule has 0 bridgehead atoms. The summed E-state index contributed by atoms with van der Waals surface area (Å²) in [5.41, 5.74) is 2.47. The molecule has 1 saturated carbocycles. The molecular weight excluding hydrogens is 358 g/mol. The molecule has 2 N–H and O–H groups in total. The summed E-state index contributed by atoms with van der Waals surface area (Å²) >= 11 is 0. The highest BCUT2D eigenvalue weighted by Gasteiger charge is 2.33. The third-order valence-corrected chi connectivity index (χ3v) is 4.99. The zero-order valence-electron chi connectivity index (χ0n) is 15.0. The van der Waals surface area contributed by atoms with E-state index in [0.29, 0.717) is 17.7 Å². The minimum absolute atomic E-state index is 0.0359. The molecule has 142 valence electrons. The smallest absolute Gasteiger partial charge is 0.335 e. The number of carboxylic acids is 1. The Morgan fingerprint density at radius 1 is 1.14 bits per heavy atom. The number of aromatic carboxylic acids is 1. The Morgan fingerprint density at radius 3 is 2.64 bits per heavy atom. The lowest BCUT2D eigenvalue weighted by atomic mass is 9.74. The Morgan fingerprint density at radius 2 is 1.89 bits per heavy atom. The van der Waals surface area contributed by atoms with Gasteiger partial charge in [-0.05, 0) is 42.5 Å². The van der Waals surface area contributed by atoms with Crippen LogP contribution in [0.3, 0.4) is 0 Å². The zero-order valence-corrected chi connectivity index (χ0v) is 15.0. The van der Waals surface area contributed by atoms with E-state index in [2.05, 4.69) is 20.5 Å². The van der Waals surface area contributed by atoms with Gasteiger partial charge in [0.2, 0.25) is 0 Å². The van der Waals surface area contributed by atoms with Gasteiger partial charge < -0.3 is 15.0 Å². The first-order valence-corrected chi connectivity index (χ1v) is 9.00. The van der Waals surface area contributed by atoms with Crippen LogP contribution in [-0.2, 0) is 6.54 Å². The molecule has 1 fully saturated rings. The molecule has 28 heavy (non-hydrogen) atoms. The van der Waals surface area contributed by atoms with E-state index < -0.39 is 5.97 Å². The number of amides is 1. The number of aromatic nitrogens is 4. The zero-order chi connectivity index (χ0) is 19.5. The largest absolute Gasteiger partial charge is 0.478 e. The van der Waals surface area contributed by atoms with Crippen molar-refractivity contribution < 1.29 is 14.7 Å². The minimum atomic E-state index is -0.916. The van der Waals surface area contributed by atoms with Crippen molar-refractivity contribution >= 4 is 11.9 Å². The normalized spacial score (nSPS) is 18.3. The van der Waals surface area contributed by atoms with Gasteiger partial charge in [-0.15, -0.1) is 10.2 Å². The summed E-state index contributed by atoms with van der Waals surface area (Å²) in [6, 6.07) is 10.5. The highest BCUT2D eigenvalue weighted by Crippen LogP contribution is 2.38. The van der Waals surface area contributed by atoms with Crippen LogP contribution in [0.5, 0.6) is 0 Å². The van der Waals surface area contributed by atoms with Crippen molar-refractivity contribution in [2.75, 3.05) is 0 Å². The van der Waals surface area contributed by atoms with Crippen LogP contribution in [0.1, 0.15) is 50.7 Å². The molecule has 1 aliphatic carbocycles. The highest BCUT2D eigenvalue weighted by molar-refractivity contribution is 5.94. The molecule has 4 rings (SSSR count). The standard InChI is InChI=1S/C20H19N5O3/c26-19(13-5-6-21-16(7-13)10-25-11-22-23-12-25)24-15-8-14(9-15)17-3-1-2-4-18(17)20(27)28/h1-7,11-12,14-15H,8-10H2,(H,24,26)(H,27,28). The Balaban J connectivity index is 1.36. The summed E-state index contributed by atoms with van der Waals surface area (Å²) in [5.74, 6) is -0.915. The van der Waals surface area contributed by atoms with Crippen LogP contribution in [0, 0.1) is 0 Å². The van der Waals surface area contributed by atoms with Crippen LogP contribution in [0.25, 0.3) is 0 Å². The van der Waals surface area contributed by atoms with Crippen molar-refractivity contribution in [3.05, 3.63) is 77.6 Å². The lowest BCUT2D eigenvalue weighted by Crippen LogP contribution is -2.43. The maximum absolute atomic E-state index is 12.6. The molecule has 2 aromatic heterocycles. The number of nitrogens with one attached hydrogen (secondary N) is 1. The fraction of sp³-hybridized carbons (Fsp3) is 0.250. The number of carbonyl (C=O) groups is 2. The number of hydrogen-bond acceptors (Lipinski definition) is 5. The minimum Gasteiger partial charge on any atom is -0.478 e. The summed E-state index contributed by atoms with van der Waals surface area (Å²) in [4.78, 5) is 28.2. The molecule has 3 aromatic rings. The van der Waals surface area contributed by atoms with Crippen molar-refractivity contribution in [3.63, 3.8) is 0 Å². The van der Waals surface area contributed by atoms with Crippen LogP contribution in [0.4, 0.5) is 0 Å². The van der Waals surface area contributed by atoms with Crippen LogP contribution < -0.4 is 5.32 Å². The van der Waals surface area contributed by atoms with Crippen molar-refractivity contribution in [2.24, 2.45) is 0 Å². The molecular formula is C20H19N5O3. The molecule has 2 heterocycles. The number of pyridine rings is 1. The Bertz CT molecular complexity index is 997. The van der Waals surface area contributed by atoms with Gasteiger partial charge in [0.1, 0.15) is 12.7 Å². The summed E-state index contributed by atoms with van der Waals surface area (Å²) in [5, 5.41) is 19.9. The van der Waals surface area contributed by atoms with Crippen LogP contribution in [0.2, 0.25) is 0 Å². The molecule has 8 nitrogen and oxygen atoms in total. The van der Waals surface area contributed by atoms with Crippen molar-refractivity contribution in [1.29, 1.82) is 0 Å². The van der Waals surface area contributed by atoms with E-state index in [0.717, 1.165) is 24.1 Å². The Hall–Kier alpha value is -3.55. The molecule has 0 radical (unpaired) electrons. The number of carboxylic acid groups (broad SMARTS) is 1. The Kier molecular flexibility index (Phi) is 4.84. The molecule has 1 aliphatic rings. The molecule has 0 unspecified atom stereocenters. The van der Waals surface area contributed by atoms with E-state index in [1.54, 1.807) is 47.7 Å². The molecule has 0 aliphatic heterocycles. The van der Waals surface area contributed by atoms with Gasteiger partial charge in [0.05, 0.1) is 17.8 Å². The van der Waals surface area contributed by atoms with Gasteiger partial charge in [-0.25, -0.2) is 4.79 Å². The quantitative estimate of drug-likeness (QED) is 0.681. The second-order valence-electron chi connectivity index (χ2n) is 6.90. The topological polar surface area (TPSA) is 110 Å². The number of benzene rings is 1. The molecule has 0 saturated heterocycles. The van der Waals surface area contributed by atoms with Crippen molar-refractivity contribution in [1.82, 2.24) is 25.1 Å².